The molecule has 5 nitrogen and oxygen atoms in total. The van der Waals surface area contributed by atoms with E-state index in [1.165, 1.54) is 7.11 Å². The van der Waals surface area contributed by atoms with Gasteiger partial charge in [0.15, 0.2) is 0 Å². The van der Waals surface area contributed by atoms with Crippen molar-refractivity contribution in [1.29, 1.82) is 0 Å². The standard InChI is InChI=1S/C10H16O5/c1-3-4-14-5-8-10(12)9(11)7(13-2)6-15-8/h1,7-12H,4-6H2,2H3/t7?,8?,9?,10-/m0/s1. The van der Waals surface area contributed by atoms with Crippen molar-refractivity contribution in [3.8, 4) is 12.3 Å². The summed E-state index contributed by atoms with van der Waals surface area (Å²) in [5.74, 6) is 2.31. The van der Waals surface area contributed by atoms with Crippen LogP contribution in [0.15, 0.2) is 0 Å². The lowest BCUT2D eigenvalue weighted by molar-refractivity contribution is -0.205. The molecule has 0 amide bonds. The van der Waals surface area contributed by atoms with E-state index in [9.17, 15) is 10.2 Å². The molecule has 2 N–H and O–H groups in total. The van der Waals surface area contributed by atoms with Crippen molar-refractivity contribution >= 4 is 0 Å². The Balaban J connectivity index is 2.39. The number of hydrogen-bond acceptors (Lipinski definition) is 5. The fourth-order valence-corrected chi connectivity index (χ4v) is 1.44. The highest BCUT2D eigenvalue weighted by molar-refractivity contribution is 4.88. The largest absolute Gasteiger partial charge is 0.388 e. The summed E-state index contributed by atoms with van der Waals surface area (Å²) in [7, 11) is 1.46. The van der Waals surface area contributed by atoms with Crippen molar-refractivity contribution < 1.29 is 24.4 Å². The Labute approximate surface area is 88.9 Å². The van der Waals surface area contributed by atoms with Gasteiger partial charge in [0, 0.05) is 7.11 Å². The average molecular weight is 216 g/mol. The number of methoxy groups -OCH3 is 1. The van der Waals surface area contributed by atoms with Crippen LogP contribution in [0.25, 0.3) is 0 Å². The van der Waals surface area contributed by atoms with Gasteiger partial charge in [-0.25, -0.2) is 0 Å². The third-order valence-electron chi connectivity index (χ3n) is 2.36. The first-order valence-electron chi connectivity index (χ1n) is 4.72. The normalized spacial score (nSPS) is 36.1. The Hall–Kier alpha value is -0.640. The Kier molecular flexibility index (Phi) is 5.02. The van der Waals surface area contributed by atoms with Crippen molar-refractivity contribution in [2.24, 2.45) is 0 Å². The van der Waals surface area contributed by atoms with Gasteiger partial charge in [0.1, 0.15) is 31.0 Å². The van der Waals surface area contributed by atoms with E-state index in [2.05, 4.69) is 5.92 Å². The maximum atomic E-state index is 9.65. The SMILES string of the molecule is C#CCOCC1OCC(OC)C(O)[C@H]1O. The molecule has 0 aromatic rings. The predicted octanol–water partition coefficient (Wildman–Crippen LogP) is -1.23. The average Bonchev–Trinajstić information content (AvgIpc) is 2.25. The van der Waals surface area contributed by atoms with Crippen LogP contribution in [0.2, 0.25) is 0 Å². The van der Waals surface area contributed by atoms with Crippen LogP contribution in [-0.2, 0) is 14.2 Å². The van der Waals surface area contributed by atoms with E-state index in [0.29, 0.717) is 0 Å². The molecular formula is C10H16O5. The maximum absolute atomic E-state index is 9.65. The second-order valence-corrected chi connectivity index (χ2v) is 3.35. The molecule has 1 heterocycles. The van der Waals surface area contributed by atoms with E-state index >= 15 is 0 Å². The zero-order valence-corrected chi connectivity index (χ0v) is 8.63. The number of hydrogen-bond donors (Lipinski definition) is 2. The zero-order chi connectivity index (χ0) is 11.3. The fourth-order valence-electron chi connectivity index (χ4n) is 1.44. The summed E-state index contributed by atoms with van der Waals surface area (Å²) >= 11 is 0. The minimum absolute atomic E-state index is 0.163. The Bertz CT molecular complexity index is 224. The van der Waals surface area contributed by atoms with E-state index in [1.54, 1.807) is 0 Å². The van der Waals surface area contributed by atoms with Crippen LogP contribution in [0.1, 0.15) is 0 Å². The molecule has 86 valence electrons. The van der Waals surface area contributed by atoms with Crippen molar-refractivity contribution in [3.63, 3.8) is 0 Å². The molecule has 0 saturated carbocycles. The first-order valence-corrected chi connectivity index (χ1v) is 4.72. The summed E-state index contributed by atoms with van der Waals surface area (Å²) in [5, 5.41) is 19.3. The van der Waals surface area contributed by atoms with E-state index in [-0.39, 0.29) is 19.8 Å². The highest BCUT2D eigenvalue weighted by Crippen LogP contribution is 2.17. The Morgan fingerprint density at radius 3 is 2.80 bits per heavy atom. The van der Waals surface area contributed by atoms with Gasteiger partial charge >= 0.3 is 0 Å². The van der Waals surface area contributed by atoms with Gasteiger partial charge in [-0.3, -0.25) is 0 Å². The van der Waals surface area contributed by atoms with Gasteiger partial charge in [-0.15, -0.1) is 6.42 Å². The lowest BCUT2D eigenvalue weighted by atomic mass is 10.0. The van der Waals surface area contributed by atoms with Gasteiger partial charge in [0.25, 0.3) is 0 Å². The van der Waals surface area contributed by atoms with Gasteiger partial charge < -0.3 is 24.4 Å². The summed E-state index contributed by atoms with van der Waals surface area (Å²) in [6.45, 7) is 0.564. The van der Waals surface area contributed by atoms with Crippen molar-refractivity contribution in [3.05, 3.63) is 0 Å². The molecule has 0 aromatic heterocycles. The second kappa shape index (κ2) is 6.05. The number of rotatable bonds is 4. The molecule has 1 rings (SSSR count). The molecule has 0 spiro atoms. The highest BCUT2D eigenvalue weighted by atomic mass is 16.6. The molecule has 5 heteroatoms. The summed E-state index contributed by atoms with van der Waals surface area (Å²) in [6, 6.07) is 0. The van der Waals surface area contributed by atoms with Crippen LogP contribution in [-0.4, -0.2) is 61.6 Å². The van der Waals surface area contributed by atoms with Crippen molar-refractivity contribution in [2.45, 2.75) is 24.4 Å². The van der Waals surface area contributed by atoms with Gasteiger partial charge in [0.2, 0.25) is 0 Å². The van der Waals surface area contributed by atoms with Crippen LogP contribution < -0.4 is 0 Å². The minimum Gasteiger partial charge on any atom is -0.388 e. The van der Waals surface area contributed by atoms with Gasteiger partial charge in [-0.05, 0) is 0 Å². The van der Waals surface area contributed by atoms with Gasteiger partial charge in [0.05, 0.1) is 13.2 Å². The molecule has 3 unspecified atom stereocenters. The Morgan fingerprint density at radius 1 is 1.47 bits per heavy atom. The molecule has 0 aromatic carbocycles. The molecule has 1 aliphatic rings. The smallest absolute Gasteiger partial charge is 0.111 e. The monoisotopic (exact) mass is 216 g/mol. The van der Waals surface area contributed by atoms with Crippen LogP contribution in [0, 0.1) is 12.3 Å². The van der Waals surface area contributed by atoms with Crippen molar-refractivity contribution in [1.82, 2.24) is 0 Å². The summed E-state index contributed by atoms with van der Waals surface area (Å²) in [4.78, 5) is 0. The van der Waals surface area contributed by atoms with E-state index in [4.69, 9.17) is 20.6 Å². The lowest BCUT2D eigenvalue weighted by Crippen LogP contribution is -2.54. The third-order valence-corrected chi connectivity index (χ3v) is 2.36. The van der Waals surface area contributed by atoms with Crippen molar-refractivity contribution in [2.75, 3.05) is 26.9 Å². The first kappa shape index (κ1) is 12.4. The van der Waals surface area contributed by atoms with E-state index < -0.39 is 24.4 Å². The number of ether oxygens (including phenoxy) is 3. The third kappa shape index (κ3) is 3.16. The summed E-state index contributed by atoms with van der Waals surface area (Å²) < 4.78 is 15.3. The molecule has 15 heavy (non-hydrogen) atoms. The number of terminal acetylenes is 1. The molecule has 1 fully saturated rings. The first-order chi connectivity index (χ1) is 7.20. The van der Waals surface area contributed by atoms with Crippen LogP contribution >= 0.6 is 0 Å². The van der Waals surface area contributed by atoms with Crippen LogP contribution in [0.4, 0.5) is 0 Å². The maximum Gasteiger partial charge on any atom is 0.111 e. The molecule has 1 saturated heterocycles. The number of aliphatic hydroxyl groups is 2. The molecule has 0 aliphatic carbocycles. The lowest BCUT2D eigenvalue weighted by Gasteiger charge is -2.36. The van der Waals surface area contributed by atoms with E-state index in [1.807, 2.05) is 0 Å². The number of aliphatic hydroxyl groups excluding tert-OH is 2. The quantitative estimate of drug-likeness (QED) is 0.455. The Morgan fingerprint density at radius 2 is 2.20 bits per heavy atom. The van der Waals surface area contributed by atoms with Crippen LogP contribution in [0.5, 0.6) is 0 Å². The highest BCUT2D eigenvalue weighted by Gasteiger charge is 2.38. The topological polar surface area (TPSA) is 68.2 Å². The van der Waals surface area contributed by atoms with Gasteiger partial charge in [-0.1, -0.05) is 5.92 Å². The minimum atomic E-state index is -1.01. The summed E-state index contributed by atoms with van der Waals surface area (Å²) in [5.41, 5.74) is 0. The second-order valence-electron chi connectivity index (χ2n) is 3.35. The van der Waals surface area contributed by atoms with Crippen LogP contribution in [0.3, 0.4) is 0 Å². The molecular weight excluding hydrogens is 200 g/mol. The molecule has 4 atom stereocenters. The fraction of sp³-hybridized carbons (Fsp3) is 0.800. The molecule has 1 aliphatic heterocycles. The zero-order valence-electron chi connectivity index (χ0n) is 8.63. The summed E-state index contributed by atoms with van der Waals surface area (Å²) in [6.07, 6.45) is 1.98. The predicted molar refractivity (Wildman–Crippen MR) is 52.2 cm³/mol. The van der Waals surface area contributed by atoms with E-state index in [0.717, 1.165) is 0 Å². The molecule has 0 radical (unpaired) electrons. The van der Waals surface area contributed by atoms with Gasteiger partial charge in [-0.2, -0.15) is 0 Å². The molecule has 0 bridgehead atoms.